The quantitative estimate of drug-likeness (QED) is 0.856. The Kier molecular flexibility index (Phi) is 6.42. The monoisotopic (exact) mass is 355 g/mol. The molecule has 3 atom stereocenters. The van der Waals surface area contributed by atoms with Crippen LogP contribution in [0.3, 0.4) is 0 Å². The molecule has 1 aliphatic heterocycles. The molecule has 124 valence electrons. The molecule has 0 bridgehead atoms. The van der Waals surface area contributed by atoms with Crippen LogP contribution in [-0.2, 0) is 6.42 Å². The van der Waals surface area contributed by atoms with Crippen LogP contribution in [0.5, 0.6) is 0 Å². The van der Waals surface area contributed by atoms with Gasteiger partial charge in [0.2, 0.25) is 0 Å². The molecule has 5 heteroatoms. The maximum atomic E-state index is 13.3. The summed E-state index contributed by atoms with van der Waals surface area (Å²) in [5.41, 5.74) is 1.85. The first-order chi connectivity index (χ1) is 10.6. The summed E-state index contributed by atoms with van der Waals surface area (Å²) in [5.74, 6) is -0.313. The fraction of sp³-hybridized carbons (Fsp3) is 0.333. The standard InChI is InChI=1S/C18H19ClFNO.ClH/c19-14-6-4-12(5-7-14)10-16-8-9-17(21-16)18(22)13-2-1-3-15(20)11-13;/h1-7,11,16-18,21-22H,8-10H2;1H/t16-,17-,18+;/m1./s1. The van der Waals surface area contributed by atoms with Gasteiger partial charge in [-0.3, -0.25) is 0 Å². The van der Waals surface area contributed by atoms with Gasteiger partial charge in [-0.2, -0.15) is 0 Å². The van der Waals surface area contributed by atoms with Crippen molar-refractivity contribution < 1.29 is 9.50 Å². The zero-order valence-corrected chi connectivity index (χ0v) is 14.2. The van der Waals surface area contributed by atoms with Crippen molar-refractivity contribution in [3.8, 4) is 0 Å². The van der Waals surface area contributed by atoms with Gasteiger partial charge in [-0.1, -0.05) is 35.9 Å². The van der Waals surface area contributed by atoms with E-state index in [1.165, 1.54) is 17.7 Å². The highest BCUT2D eigenvalue weighted by atomic mass is 35.5. The molecule has 2 aromatic carbocycles. The average molecular weight is 356 g/mol. The molecule has 1 fully saturated rings. The second-order valence-corrected chi connectivity index (χ2v) is 6.31. The van der Waals surface area contributed by atoms with Crippen molar-refractivity contribution in [3.63, 3.8) is 0 Å². The van der Waals surface area contributed by atoms with E-state index < -0.39 is 6.10 Å². The largest absolute Gasteiger partial charge is 0.387 e. The van der Waals surface area contributed by atoms with Crippen molar-refractivity contribution >= 4 is 24.0 Å². The van der Waals surface area contributed by atoms with Crippen molar-refractivity contribution in [2.75, 3.05) is 0 Å². The first kappa shape index (κ1) is 18.2. The molecule has 0 aromatic heterocycles. The maximum Gasteiger partial charge on any atom is 0.123 e. The maximum absolute atomic E-state index is 13.3. The van der Waals surface area contributed by atoms with Gasteiger partial charge in [0.1, 0.15) is 5.82 Å². The molecule has 1 aliphatic rings. The zero-order chi connectivity index (χ0) is 15.5. The van der Waals surface area contributed by atoms with Gasteiger partial charge in [-0.25, -0.2) is 4.39 Å². The second kappa shape index (κ2) is 8.11. The summed E-state index contributed by atoms with van der Waals surface area (Å²) in [6.45, 7) is 0. The van der Waals surface area contributed by atoms with Crippen molar-refractivity contribution in [3.05, 3.63) is 70.5 Å². The molecule has 0 spiro atoms. The summed E-state index contributed by atoms with van der Waals surface area (Å²) in [4.78, 5) is 0. The van der Waals surface area contributed by atoms with Crippen LogP contribution in [0.25, 0.3) is 0 Å². The van der Waals surface area contributed by atoms with Crippen molar-refractivity contribution in [1.82, 2.24) is 5.32 Å². The highest BCUT2D eigenvalue weighted by Gasteiger charge is 2.30. The van der Waals surface area contributed by atoms with E-state index in [9.17, 15) is 9.50 Å². The Morgan fingerprint density at radius 3 is 2.61 bits per heavy atom. The molecule has 0 radical (unpaired) electrons. The van der Waals surface area contributed by atoms with Crippen molar-refractivity contribution in [2.24, 2.45) is 0 Å². The van der Waals surface area contributed by atoms with E-state index in [0.29, 0.717) is 11.6 Å². The number of hydrogen-bond acceptors (Lipinski definition) is 2. The number of hydrogen-bond donors (Lipinski definition) is 2. The van der Waals surface area contributed by atoms with E-state index in [1.807, 2.05) is 24.3 Å². The Hall–Kier alpha value is -1.13. The Labute approximate surface area is 147 Å². The van der Waals surface area contributed by atoms with Crippen LogP contribution in [0.4, 0.5) is 4.39 Å². The van der Waals surface area contributed by atoms with Crippen LogP contribution in [-0.4, -0.2) is 17.2 Å². The van der Waals surface area contributed by atoms with Crippen LogP contribution in [0.2, 0.25) is 5.02 Å². The fourth-order valence-corrected chi connectivity index (χ4v) is 3.21. The molecule has 3 rings (SSSR count). The third-order valence-corrected chi connectivity index (χ3v) is 4.49. The second-order valence-electron chi connectivity index (χ2n) is 5.88. The third-order valence-electron chi connectivity index (χ3n) is 4.24. The molecule has 0 unspecified atom stereocenters. The summed E-state index contributed by atoms with van der Waals surface area (Å²) in [6, 6.07) is 14.3. The van der Waals surface area contributed by atoms with E-state index in [2.05, 4.69) is 5.32 Å². The Morgan fingerprint density at radius 2 is 1.91 bits per heavy atom. The Morgan fingerprint density at radius 1 is 1.17 bits per heavy atom. The van der Waals surface area contributed by atoms with Crippen LogP contribution in [0, 0.1) is 5.82 Å². The molecule has 1 saturated heterocycles. The minimum atomic E-state index is -0.675. The van der Waals surface area contributed by atoms with Gasteiger partial charge in [-0.05, 0) is 54.7 Å². The first-order valence-electron chi connectivity index (χ1n) is 7.56. The van der Waals surface area contributed by atoms with Gasteiger partial charge in [0.05, 0.1) is 6.10 Å². The van der Waals surface area contributed by atoms with Crippen LogP contribution in [0.1, 0.15) is 30.1 Å². The zero-order valence-electron chi connectivity index (χ0n) is 12.6. The number of aliphatic hydroxyl groups is 1. The summed E-state index contributed by atoms with van der Waals surface area (Å²) < 4.78 is 13.3. The van der Waals surface area contributed by atoms with E-state index >= 15 is 0 Å². The van der Waals surface area contributed by atoms with Crippen LogP contribution < -0.4 is 5.32 Å². The summed E-state index contributed by atoms with van der Waals surface area (Å²) >= 11 is 5.89. The average Bonchev–Trinajstić information content (AvgIpc) is 2.97. The first-order valence-corrected chi connectivity index (χ1v) is 7.93. The van der Waals surface area contributed by atoms with E-state index in [-0.39, 0.29) is 24.3 Å². The topological polar surface area (TPSA) is 32.3 Å². The predicted octanol–water partition coefficient (Wildman–Crippen LogP) is 4.30. The fourth-order valence-electron chi connectivity index (χ4n) is 3.09. The van der Waals surface area contributed by atoms with Crippen LogP contribution in [0.15, 0.2) is 48.5 Å². The molecule has 0 aliphatic carbocycles. The summed E-state index contributed by atoms with van der Waals surface area (Å²) in [5, 5.41) is 14.6. The molecule has 2 N–H and O–H groups in total. The van der Waals surface area contributed by atoms with Crippen LogP contribution >= 0.6 is 24.0 Å². The highest BCUT2D eigenvalue weighted by molar-refractivity contribution is 6.30. The lowest BCUT2D eigenvalue weighted by atomic mass is 10.0. The molecule has 0 saturated carbocycles. The van der Waals surface area contributed by atoms with Gasteiger partial charge in [0.15, 0.2) is 0 Å². The van der Waals surface area contributed by atoms with Crippen molar-refractivity contribution in [1.29, 1.82) is 0 Å². The number of benzene rings is 2. The molecule has 1 heterocycles. The number of aliphatic hydroxyl groups excluding tert-OH is 1. The van der Waals surface area contributed by atoms with E-state index in [0.717, 1.165) is 24.3 Å². The molecular weight excluding hydrogens is 336 g/mol. The normalized spacial score (nSPS) is 21.7. The molecular formula is C18H20Cl2FNO. The molecule has 2 aromatic rings. The van der Waals surface area contributed by atoms with Gasteiger partial charge >= 0.3 is 0 Å². The Balaban J connectivity index is 0.00000192. The predicted molar refractivity (Wildman–Crippen MR) is 93.7 cm³/mol. The lowest BCUT2D eigenvalue weighted by Crippen LogP contribution is -2.35. The lowest BCUT2D eigenvalue weighted by molar-refractivity contribution is 0.135. The van der Waals surface area contributed by atoms with E-state index in [4.69, 9.17) is 11.6 Å². The van der Waals surface area contributed by atoms with E-state index in [1.54, 1.807) is 12.1 Å². The molecule has 23 heavy (non-hydrogen) atoms. The number of nitrogens with one attached hydrogen (secondary N) is 1. The lowest BCUT2D eigenvalue weighted by Gasteiger charge is -2.20. The highest BCUT2D eigenvalue weighted by Crippen LogP contribution is 2.27. The van der Waals surface area contributed by atoms with Gasteiger partial charge < -0.3 is 10.4 Å². The van der Waals surface area contributed by atoms with Gasteiger partial charge in [0, 0.05) is 17.1 Å². The SMILES string of the molecule is Cl.O[C@@H](c1cccc(F)c1)[C@H]1CC[C@H](Cc2ccc(Cl)cc2)N1. The van der Waals surface area contributed by atoms with Gasteiger partial charge in [0.25, 0.3) is 0 Å². The minimum Gasteiger partial charge on any atom is -0.387 e. The van der Waals surface area contributed by atoms with Gasteiger partial charge in [-0.15, -0.1) is 12.4 Å². The van der Waals surface area contributed by atoms with Crippen molar-refractivity contribution in [2.45, 2.75) is 37.5 Å². The minimum absolute atomic E-state index is 0. The number of halogens is 3. The number of rotatable bonds is 4. The third kappa shape index (κ3) is 4.67. The molecule has 2 nitrogen and oxygen atoms in total. The Bertz CT molecular complexity index is 635. The smallest absolute Gasteiger partial charge is 0.123 e. The summed E-state index contributed by atoms with van der Waals surface area (Å²) in [6.07, 6.45) is 2.12. The molecule has 0 amide bonds. The summed E-state index contributed by atoms with van der Waals surface area (Å²) in [7, 11) is 0.